The largest absolute Gasteiger partial charge is 0.367 e. The van der Waals surface area contributed by atoms with Gasteiger partial charge in [0.1, 0.15) is 5.82 Å². The number of piperidine rings is 1. The Labute approximate surface area is 147 Å². The van der Waals surface area contributed by atoms with E-state index in [1.54, 1.807) is 24.5 Å². The fourth-order valence-electron chi connectivity index (χ4n) is 3.16. The highest BCUT2D eigenvalue weighted by molar-refractivity contribution is 5.74. The molecular weight excluding hydrogens is 319 g/mol. The molecule has 25 heavy (non-hydrogen) atoms. The van der Waals surface area contributed by atoms with Crippen LogP contribution in [0.1, 0.15) is 31.4 Å². The zero-order chi connectivity index (χ0) is 17.6. The van der Waals surface area contributed by atoms with Crippen molar-refractivity contribution < 1.29 is 9.18 Å². The molecule has 132 valence electrons. The molecule has 0 saturated carbocycles. The predicted octanol–water partition coefficient (Wildman–Crippen LogP) is 3.25. The molecule has 3 rings (SSSR count). The fourth-order valence-corrected chi connectivity index (χ4v) is 3.16. The number of nitrogens with one attached hydrogen (secondary N) is 2. The zero-order valence-electron chi connectivity index (χ0n) is 14.3. The van der Waals surface area contributed by atoms with Gasteiger partial charge in [0.2, 0.25) is 0 Å². The third-order valence-electron chi connectivity index (χ3n) is 4.48. The number of nitrogens with zero attached hydrogens (tertiary/aromatic N) is 2. The van der Waals surface area contributed by atoms with Gasteiger partial charge in [-0.1, -0.05) is 18.2 Å². The van der Waals surface area contributed by atoms with Crippen LogP contribution in [0.25, 0.3) is 0 Å². The Morgan fingerprint density at radius 1 is 1.32 bits per heavy atom. The van der Waals surface area contributed by atoms with E-state index in [-0.39, 0.29) is 23.9 Å². The number of amides is 2. The van der Waals surface area contributed by atoms with Crippen molar-refractivity contribution in [3.63, 3.8) is 0 Å². The molecule has 0 aliphatic carbocycles. The number of para-hydroxylation sites is 1. The molecular formula is C19H23FN4O. The second-order valence-corrected chi connectivity index (χ2v) is 6.36. The number of rotatable bonds is 4. The van der Waals surface area contributed by atoms with Crippen molar-refractivity contribution in [2.75, 3.05) is 18.0 Å². The minimum atomic E-state index is -0.224. The smallest absolute Gasteiger partial charge is 0.315 e. The molecule has 2 aromatic rings. The molecule has 0 unspecified atom stereocenters. The highest BCUT2D eigenvalue weighted by atomic mass is 19.1. The number of carbonyl (C=O) groups is 1. The molecule has 0 bridgehead atoms. The van der Waals surface area contributed by atoms with Crippen molar-refractivity contribution in [1.29, 1.82) is 0 Å². The van der Waals surface area contributed by atoms with Crippen LogP contribution in [0.5, 0.6) is 0 Å². The Hall–Kier alpha value is -2.63. The minimum absolute atomic E-state index is 0.00513. The lowest BCUT2D eigenvalue weighted by molar-refractivity contribution is 0.232. The zero-order valence-corrected chi connectivity index (χ0v) is 14.3. The molecule has 0 radical (unpaired) electrons. The molecule has 6 heteroatoms. The van der Waals surface area contributed by atoms with Crippen LogP contribution < -0.4 is 15.5 Å². The summed E-state index contributed by atoms with van der Waals surface area (Å²) in [4.78, 5) is 18.3. The molecule has 1 fully saturated rings. The first kappa shape index (κ1) is 17.2. The molecule has 1 aromatic heterocycles. The van der Waals surface area contributed by atoms with Gasteiger partial charge in [-0.2, -0.15) is 0 Å². The highest BCUT2D eigenvalue weighted by Crippen LogP contribution is 2.23. The topological polar surface area (TPSA) is 57.3 Å². The Bertz CT molecular complexity index is 710. The second-order valence-electron chi connectivity index (χ2n) is 6.36. The van der Waals surface area contributed by atoms with Gasteiger partial charge >= 0.3 is 6.03 Å². The van der Waals surface area contributed by atoms with Gasteiger partial charge in [0.15, 0.2) is 0 Å². The third-order valence-corrected chi connectivity index (χ3v) is 4.48. The lowest BCUT2D eigenvalue weighted by Crippen LogP contribution is -2.51. The number of pyridine rings is 1. The second kappa shape index (κ2) is 7.96. The van der Waals surface area contributed by atoms with E-state index in [1.807, 2.05) is 30.0 Å². The summed E-state index contributed by atoms with van der Waals surface area (Å²) in [6.45, 7) is 3.32. The molecule has 5 nitrogen and oxygen atoms in total. The number of hydrogen-bond donors (Lipinski definition) is 2. The molecule has 2 N–H and O–H groups in total. The summed E-state index contributed by atoms with van der Waals surface area (Å²) in [5.41, 5.74) is 1.55. The van der Waals surface area contributed by atoms with Crippen molar-refractivity contribution in [3.8, 4) is 0 Å². The van der Waals surface area contributed by atoms with Gasteiger partial charge in [-0.3, -0.25) is 4.98 Å². The number of aromatic nitrogens is 1. The minimum Gasteiger partial charge on any atom is -0.367 e. The van der Waals surface area contributed by atoms with Crippen molar-refractivity contribution in [1.82, 2.24) is 15.6 Å². The first-order valence-electron chi connectivity index (χ1n) is 8.60. The average molecular weight is 342 g/mol. The highest BCUT2D eigenvalue weighted by Gasteiger charge is 2.23. The van der Waals surface area contributed by atoms with Crippen molar-refractivity contribution in [2.24, 2.45) is 0 Å². The summed E-state index contributed by atoms with van der Waals surface area (Å²) < 4.78 is 14.0. The molecule has 2 atom stereocenters. The van der Waals surface area contributed by atoms with Gasteiger partial charge in [0.05, 0.1) is 11.7 Å². The van der Waals surface area contributed by atoms with Crippen LogP contribution in [0.15, 0.2) is 48.8 Å². The summed E-state index contributed by atoms with van der Waals surface area (Å²) in [7, 11) is 0. The summed E-state index contributed by atoms with van der Waals surface area (Å²) in [6, 6.07) is 10.2. The van der Waals surface area contributed by atoms with E-state index in [0.29, 0.717) is 12.2 Å². The fraction of sp³-hybridized carbons (Fsp3) is 0.368. The maximum atomic E-state index is 14.0. The van der Waals surface area contributed by atoms with E-state index in [2.05, 4.69) is 15.6 Å². The maximum absolute atomic E-state index is 14.0. The number of anilines is 1. The van der Waals surface area contributed by atoms with Gasteiger partial charge < -0.3 is 15.5 Å². The van der Waals surface area contributed by atoms with Crippen molar-refractivity contribution in [3.05, 3.63) is 60.2 Å². The van der Waals surface area contributed by atoms with Crippen LogP contribution in [0.4, 0.5) is 14.9 Å². The van der Waals surface area contributed by atoms with Crippen LogP contribution in [-0.2, 0) is 0 Å². The van der Waals surface area contributed by atoms with E-state index in [9.17, 15) is 9.18 Å². The van der Waals surface area contributed by atoms with Crippen LogP contribution in [0.3, 0.4) is 0 Å². The summed E-state index contributed by atoms with van der Waals surface area (Å²) in [6.07, 6.45) is 5.25. The molecule has 1 aliphatic heterocycles. The van der Waals surface area contributed by atoms with Gasteiger partial charge in [-0.05, 0) is 43.5 Å². The van der Waals surface area contributed by atoms with Crippen molar-refractivity contribution in [2.45, 2.75) is 31.8 Å². The monoisotopic (exact) mass is 342 g/mol. The van der Waals surface area contributed by atoms with Crippen LogP contribution >= 0.6 is 0 Å². The predicted molar refractivity (Wildman–Crippen MR) is 96.0 cm³/mol. The van der Waals surface area contributed by atoms with E-state index in [4.69, 9.17) is 0 Å². The molecule has 1 aliphatic rings. The molecule has 2 amide bonds. The number of halogens is 1. The Morgan fingerprint density at radius 2 is 2.16 bits per heavy atom. The third kappa shape index (κ3) is 4.47. The SMILES string of the molecule is C[C@@H](NC(=O)N[C@H]1CCCN(c2ccccc2F)C1)c1cccnc1. The van der Waals surface area contributed by atoms with Crippen LogP contribution in [0.2, 0.25) is 0 Å². The molecule has 2 heterocycles. The number of benzene rings is 1. The quantitative estimate of drug-likeness (QED) is 0.897. The normalized spacial score (nSPS) is 18.5. The first-order valence-corrected chi connectivity index (χ1v) is 8.60. The summed E-state index contributed by atoms with van der Waals surface area (Å²) >= 11 is 0. The maximum Gasteiger partial charge on any atom is 0.315 e. The first-order chi connectivity index (χ1) is 12.1. The Balaban J connectivity index is 1.55. The Morgan fingerprint density at radius 3 is 2.92 bits per heavy atom. The van der Waals surface area contributed by atoms with Gasteiger partial charge in [-0.25, -0.2) is 9.18 Å². The van der Waals surface area contributed by atoms with Crippen LogP contribution in [0, 0.1) is 5.82 Å². The van der Waals surface area contributed by atoms with E-state index < -0.39 is 0 Å². The molecule has 1 saturated heterocycles. The van der Waals surface area contributed by atoms with Crippen molar-refractivity contribution >= 4 is 11.7 Å². The average Bonchev–Trinajstić information content (AvgIpc) is 2.63. The standard InChI is InChI=1S/C19H23FN4O/c1-14(15-6-4-10-21-12-15)22-19(25)23-16-7-5-11-24(13-16)18-9-3-2-8-17(18)20/h2-4,6,8-10,12,14,16H,5,7,11,13H2,1H3,(H2,22,23,25)/t14-,16+/m1/s1. The lowest BCUT2D eigenvalue weighted by Gasteiger charge is -2.35. The number of carbonyl (C=O) groups excluding carboxylic acids is 1. The van der Waals surface area contributed by atoms with Crippen LogP contribution in [-0.4, -0.2) is 30.1 Å². The van der Waals surface area contributed by atoms with E-state index in [0.717, 1.165) is 24.9 Å². The van der Waals surface area contributed by atoms with Gasteiger partial charge in [0, 0.05) is 31.5 Å². The van der Waals surface area contributed by atoms with E-state index in [1.165, 1.54) is 6.07 Å². The Kier molecular flexibility index (Phi) is 5.48. The summed E-state index contributed by atoms with van der Waals surface area (Å²) in [5, 5.41) is 5.93. The van der Waals surface area contributed by atoms with Gasteiger partial charge in [-0.15, -0.1) is 0 Å². The molecule has 1 aromatic carbocycles. The van der Waals surface area contributed by atoms with E-state index >= 15 is 0 Å². The summed E-state index contributed by atoms with van der Waals surface area (Å²) in [5.74, 6) is -0.224. The lowest BCUT2D eigenvalue weighted by atomic mass is 10.0. The molecule has 0 spiro atoms. The number of urea groups is 1. The van der Waals surface area contributed by atoms with Gasteiger partial charge in [0.25, 0.3) is 0 Å². The number of hydrogen-bond acceptors (Lipinski definition) is 3.